The number of rotatable bonds is 8. The van der Waals surface area contributed by atoms with Crippen molar-refractivity contribution >= 4 is 41.7 Å². The van der Waals surface area contributed by atoms with E-state index in [4.69, 9.17) is 23.7 Å². The van der Waals surface area contributed by atoms with Gasteiger partial charge in [0.05, 0.1) is 6.54 Å². The molecular weight excluding hydrogens is 528 g/mol. The lowest BCUT2D eigenvalue weighted by molar-refractivity contribution is -0.134. The number of cyclic esters (lactones) is 1. The maximum absolute atomic E-state index is 12.6. The molecule has 0 atom stereocenters. The van der Waals surface area contributed by atoms with Crippen molar-refractivity contribution in [3.63, 3.8) is 0 Å². The molecule has 0 unspecified atom stereocenters. The largest absolute Gasteiger partial charge is 0.423 e. The molecule has 208 valence electrons. The lowest BCUT2D eigenvalue weighted by Crippen LogP contribution is -2.23. The minimum Gasteiger partial charge on any atom is -0.423 e. The van der Waals surface area contributed by atoms with Gasteiger partial charge in [0, 0.05) is 46.4 Å². The van der Waals surface area contributed by atoms with Crippen molar-refractivity contribution in [1.29, 1.82) is 0 Å². The van der Waals surface area contributed by atoms with Crippen molar-refractivity contribution < 1.29 is 52.5 Å². The molecule has 0 fully saturated rings. The Kier molecular flexibility index (Phi) is 9.12. The van der Waals surface area contributed by atoms with Gasteiger partial charge in [0.1, 0.15) is 0 Å². The Morgan fingerprint density at radius 1 is 0.750 bits per heavy atom. The summed E-state index contributed by atoms with van der Waals surface area (Å²) >= 11 is 0. The van der Waals surface area contributed by atoms with Crippen molar-refractivity contribution in [3.8, 4) is 23.0 Å². The normalized spacial score (nSPS) is 13.2. The van der Waals surface area contributed by atoms with Crippen LogP contribution < -0.4 is 18.9 Å². The molecule has 2 aromatic rings. The summed E-state index contributed by atoms with van der Waals surface area (Å²) in [6.07, 6.45) is 1.18. The minimum atomic E-state index is -0.856. The van der Waals surface area contributed by atoms with Crippen LogP contribution in [-0.4, -0.2) is 46.6 Å². The molecule has 13 nitrogen and oxygen atoms in total. The second-order valence-electron chi connectivity index (χ2n) is 8.28. The van der Waals surface area contributed by atoms with Crippen LogP contribution in [0, 0.1) is 0 Å². The van der Waals surface area contributed by atoms with Crippen molar-refractivity contribution in [3.05, 3.63) is 59.4 Å². The number of esters is 5. The van der Waals surface area contributed by atoms with E-state index < -0.39 is 35.8 Å². The van der Waals surface area contributed by atoms with E-state index in [1.807, 2.05) is 0 Å². The Morgan fingerprint density at radius 2 is 1.25 bits per heavy atom. The van der Waals surface area contributed by atoms with Crippen LogP contribution in [0.5, 0.6) is 23.0 Å². The maximum atomic E-state index is 12.6. The molecule has 1 aliphatic rings. The van der Waals surface area contributed by atoms with Gasteiger partial charge in [-0.2, -0.15) is 0 Å². The molecule has 0 bridgehead atoms. The molecule has 1 heterocycles. The van der Waals surface area contributed by atoms with Crippen LogP contribution in [0.4, 0.5) is 0 Å². The SMILES string of the molecule is CC(=O)Oc1ccc(CN(C=C2N=C(c3ccc(OC(C)=O)c(OC(C)=O)c3)OC2=O)C(C)=O)cc1OC(C)=O. The third kappa shape index (κ3) is 7.84. The van der Waals surface area contributed by atoms with Gasteiger partial charge in [0.15, 0.2) is 28.7 Å². The maximum Gasteiger partial charge on any atom is 0.365 e. The average Bonchev–Trinajstić information content (AvgIpc) is 3.20. The average molecular weight is 552 g/mol. The topological polar surface area (TPSA) is 164 Å². The lowest BCUT2D eigenvalue weighted by atomic mass is 10.2. The van der Waals surface area contributed by atoms with Crippen LogP contribution in [0.3, 0.4) is 0 Å². The zero-order valence-electron chi connectivity index (χ0n) is 22.1. The molecule has 0 aliphatic carbocycles. The molecular formula is C27H24N2O11. The number of benzene rings is 2. The highest BCUT2D eigenvalue weighted by molar-refractivity contribution is 6.11. The number of hydrogen-bond acceptors (Lipinski definition) is 12. The number of carbonyl (C=O) groups excluding carboxylic acids is 6. The fourth-order valence-electron chi connectivity index (χ4n) is 3.35. The molecule has 0 saturated carbocycles. The van der Waals surface area contributed by atoms with E-state index in [1.54, 1.807) is 6.07 Å². The first kappa shape index (κ1) is 29.2. The van der Waals surface area contributed by atoms with E-state index in [-0.39, 0.29) is 46.7 Å². The van der Waals surface area contributed by atoms with E-state index in [0.29, 0.717) is 5.56 Å². The monoisotopic (exact) mass is 552 g/mol. The zero-order valence-corrected chi connectivity index (χ0v) is 22.1. The van der Waals surface area contributed by atoms with Crippen molar-refractivity contribution in [2.24, 2.45) is 4.99 Å². The van der Waals surface area contributed by atoms with Gasteiger partial charge >= 0.3 is 29.8 Å². The first-order valence-corrected chi connectivity index (χ1v) is 11.6. The van der Waals surface area contributed by atoms with Gasteiger partial charge in [-0.1, -0.05) is 6.07 Å². The van der Waals surface area contributed by atoms with Gasteiger partial charge < -0.3 is 28.6 Å². The molecule has 0 saturated heterocycles. The van der Waals surface area contributed by atoms with Gasteiger partial charge in [-0.3, -0.25) is 24.0 Å². The summed E-state index contributed by atoms with van der Waals surface area (Å²) in [5, 5.41) is 0. The fourth-order valence-corrected chi connectivity index (χ4v) is 3.35. The second-order valence-corrected chi connectivity index (χ2v) is 8.28. The number of aliphatic imine (C=N–C) groups is 1. The molecule has 1 aliphatic heterocycles. The van der Waals surface area contributed by atoms with E-state index in [0.717, 1.165) is 6.92 Å². The van der Waals surface area contributed by atoms with E-state index in [9.17, 15) is 28.8 Å². The standard InChI is InChI=1S/C27H24N2O11/c1-14(30)29(12-19-6-8-22(36-15(2)31)24(10-19)38-17(4)33)13-21-27(35)40-26(28-21)20-7-9-23(37-16(3)32)25(11-20)39-18(5)34/h6-11,13H,12H2,1-5H3. The van der Waals surface area contributed by atoms with Crippen molar-refractivity contribution in [2.75, 3.05) is 0 Å². The summed E-state index contributed by atoms with van der Waals surface area (Å²) in [4.78, 5) is 76.0. The van der Waals surface area contributed by atoms with Crippen LogP contribution in [0.2, 0.25) is 0 Å². The second kappa shape index (κ2) is 12.5. The molecule has 3 rings (SSSR count). The number of hydrogen-bond donors (Lipinski definition) is 0. The van der Waals surface area contributed by atoms with Crippen molar-refractivity contribution in [1.82, 2.24) is 4.90 Å². The molecule has 0 aromatic heterocycles. The first-order chi connectivity index (χ1) is 18.8. The van der Waals surface area contributed by atoms with E-state index in [1.165, 1.54) is 69.1 Å². The summed E-state index contributed by atoms with van der Waals surface area (Å²) in [6, 6.07) is 8.44. The van der Waals surface area contributed by atoms with Crippen molar-refractivity contribution in [2.45, 2.75) is 41.2 Å². The Hall–Kier alpha value is -5.33. The van der Waals surface area contributed by atoms with E-state index in [2.05, 4.69) is 4.99 Å². The zero-order chi connectivity index (χ0) is 29.6. The molecule has 0 N–H and O–H groups in total. The Labute approximate surface area is 227 Å². The van der Waals surface area contributed by atoms with Crippen LogP contribution in [0.15, 0.2) is 53.3 Å². The van der Waals surface area contributed by atoms with Crippen LogP contribution in [0.1, 0.15) is 45.7 Å². The summed E-state index contributed by atoms with van der Waals surface area (Å²) < 4.78 is 25.5. The molecule has 13 heteroatoms. The summed E-state index contributed by atoms with van der Waals surface area (Å²) in [6.45, 7) is 5.90. The van der Waals surface area contributed by atoms with Gasteiger partial charge in [-0.05, 0) is 35.9 Å². The highest BCUT2D eigenvalue weighted by Crippen LogP contribution is 2.31. The van der Waals surface area contributed by atoms with Gasteiger partial charge in [-0.15, -0.1) is 0 Å². The Balaban J connectivity index is 1.91. The number of amides is 1. The number of carbonyl (C=O) groups is 6. The third-order valence-electron chi connectivity index (χ3n) is 4.87. The van der Waals surface area contributed by atoms with Crippen LogP contribution in [0.25, 0.3) is 0 Å². The first-order valence-electron chi connectivity index (χ1n) is 11.6. The minimum absolute atomic E-state index is 0.0145. The molecule has 40 heavy (non-hydrogen) atoms. The smallest absolute Gasteiger partial charge is 0.365 e. The predicted molar refractivity (Wildman–Crippen MR) is 135 cm³/mol. The summed E-state index contributed by atoms with van der Waals surface area (Å²) in [7, 11) is 0. The summed E-state index contributed by atoms with van der Waals surface area (Å²) in [5.41, 5.74) is 0.493. The number of nitrogens with zero attached hydrogens (tertiary/aromatic N) is 2. The Bertz CT molecular complexity index is 1470. The molecule has 2 aromatic carbocycles. The highest BCUT2D eigenvalue weighted by Gasteiger charge is 2.27. The lowest BCUT2D eigenvalue weighted by Gasteiger charge is -2.18. The van der Waals surface area contributed by atoms with Gasteiger partial charge in [-0.25, -0.2) is 9.79 Å². The highest BCUT2D eigenvalue weighted by atomic mass is 16.6. The fraction of sp³-hybridized carbons (Fsp3) is 0.222. The van der Waals surface area contributed by atoms with Crippen LogP contribution in [-0.2, 0) is 40.0 Å². The molecule has 0 spiro atoms. The number of ether oxygens (including phenoxy) is 5. The third-order valence-corrected chi connectivity index (χ3v) is 4.87. The quantitative estimate of drug-likeness (QED) is 0.268. The Morgan fingerprint density at radius 3 is 1.77 bits per heavy atom. The predicted octanol–water partition coefficient (Wildman–Crippen LogP) is 2.58. The van der Waals surface area contributed by atoms with E-state index >= 15 is 0 Å². The van der Waals surface area contributed by atoms with Gasteiger partial charge in [0.25, 0.3) is 0 Å². The van der Waals surface area contributed by atoms with Gasteiger partial charge in [0.2, 0.25) is 11.8 Å². The molecule has 0 radical (unpaired) electrons. The van der Waals surface area contributed by atoms with Crippen LogP contribution >= 0.6 is 0 Å². The molecule has 1 amide bonds. The summed E-state index contributed by atoms with van der Waals surface area (Å²) in [5.74, 6) is -4.17.